The second-order valence-electron chi connectivity index (χ2n) is 13.3. The van der Waals surface area contributed by atoms with Crippen LogP contribution in [0.1, 0.15) is 49.3 Å². The van der Waals surface area contributed by atoms with E-state index in [9.17, 15) is 0 Å². The number of benzene rings is 2. The van der Waals surface area contributed by atoms with Crippen LogP contribution in [0.3, 0.4) is 0 Å². The number of rotatable bonds is 5. The fraction of sp³-hybridized carbons (Fsp3) is 0.273. The van der Waals surface area contributed by atoms with Crippen molar-refractivity contribution in [1.82, 2.24) is 0 Å². The van der Waals surface area contributed by atoms with Crippen molar-refractivity contribution in [3.8, 4) is 33.8 Å². The summed E-state index contributed by atoms with van der Waals surface area (Å²) in [4.78, 5) is 0. The summed E-state index contributed by atoms with van der Waals surface area (Å²) in [6, 6.07) is 32.8. The zero-order valence-electron chi connectivity index (χ0n) is 29.2. The van der Waals surface area contributed by atoms with E-state index >= 15 is 0 Å². The molecular formula is C44H48N4O2+4. The van der Waals surface area contributed by atoms with E-state index in [0.29, 0.717) is 13.2 Å². The van der Waals surface area contributed by atoms with Crippen LogP contribution < -0.4 is 27.7 Å². The molecule has 8 aliphatic rings. The molecule has 8 aliphatic heterocycles. The number of nitrogens with zero attached hydrogens (tertiary/aromatic N) is 4. The lowest BCUT2D eigenvalue weighted by Gasteiger charge is -2.13. The number of ether oxygens (including phenoxy) is 2. The second-order valence-corrected chi connectivity index (χ2v) is 13.3. The lowest BCUT2D eigenvalue weighted by Crippen LogP contribution is -2.36. The largest absolute Gasteiger partial charge is 0.487 e. The van der Waals surface area contributed by atoms with Crippen molar-refractivity contribution >= 4 is 0 Å². The average Bonchev–Trinajstić information content (AvgIpc) is 3.16. The van der Waals surface area contributed by atoms with E-state index < -0.39 is 0 Å². The van der Waals surface area contributed by atoms with Crippen LogP contribution in [0.25, 0.3) is 22.3 Å². The van der Waals surface area contributed by atoms with Crippen LogP contribution in [0.2, 0.25) is 0 Å². The van der Waals surface area contributed by atoms with Gasteiger partial charge in [0.15, 0.2) is 75.8 Å². The van der Waals surface area contributed by atoms with Gasteiger partial charge in [0.05, 0.1) is 0 Å². The van der Waals surface area contributed by atoms with Crippen LogP contribution in [0, 0.1) is 0 Å². The van der Waals surface area contributed by atoms with Crippen LogP contribution in [-0.2, 0) is 32.6 Å². The first-order valence-corrected chi connectivity index (χ1v) is 18.1. The Morgan fingerprint density at radius 1 is 0.480 bits per heavy atom. The maximum absolute atomic E-state index is 6.44. The van der Waals surface area contributed by atoms with Crippen molar-refractivity contribution in [2.45, 2.75) is 65.2 Å². The minimum absolute atomic E-state index is 0.579. The first-order chi connectivity index (χ1) is 24.7. The predicted octanol–water partition coefficient (Wildman–Crippen LogP) is 6.86. The SMILES string of the molecule is CCCCCCc1ccc2cc1OCC[n+]1ccc(cc1)-c1cc[n+](cc1)Cc1ccc(cc1)C[n+]1ccc(cc1)-c1cc[n+](cc1)CCO2. The van der Waals surface area contributed by atoms with Gasteiger partial charge < -0.3 is 9.47 Å². The monoisotopic (exact) mass is 664 g/mol. The highest BCUT2D eigenvalue weighted by Crippen LogP contribution is 2.27. The summed E-state index contributed by atoms with van der Waals surface area (Å²) < 4.78 is 21.5. The predicted molar refractivity (Wildman–Crippen MR) is 194 cm³/mol. The minimum atomic E-state index is 0.579. The summed E-state index contributed by atoms with van der Waals surface area (Å²) in [5.41, 5.74) is 8.64. The van der Waals surface area contributed by atoms with Gasteiger partial charge in [0.2, 0.25) is 0 Å². The molecule has 6 heteroatoms. The van der Waals surface area contributed by atoms with Crippen molar-refractivity contribution in [2.24, 2.45) is 0 Å². The Hall–Kier alpha value is -5.36. The molecule has 0 fully saturated rings. The van der Waals surface area contributed by atoms with E-state index in [0.717, 1.165) is 44.1 Å². The lowest BCUT2D eigenvalue weighted by atomic mass is 10.1. The van der Waals surface area contributed by atoms with Crippen LogP contribution in [-0.4, -0.2) is 13.2 Å². The van der Waals surface area contributed by atoms with E-state index in [2.05, 4.69) is 166 Å². The number of aryl methyl sites for hydroxylation is 1. The fourth-order valence-electron chi connectivity index (χ4n) is 6.52. The Morgan fingerprint density at radius 3 is 1.42 bits per heavy atom. The van der Waals surface area contributed by atoms with Gasteiger partial charge in [-0.1, -0.05) is 56.5 Å². The summed E-state index contributed by atoms with van der Waals surface area (Å²) >= 11 is 0. The number of fused-ring (bicyclic) bond motifs is 1. The summed E-state index contributed by atoms with van der Waals surface area (Å²) in [6.07, 6.45) is 23.1. The maximum atomic E-state index is 6.44. The summed E-state index contributed by atoms with van der Waals surface area (Å²) in [5, 5.41) is 0. The second kappa shape index (κ2) is 16.4. The van der Waals surface area contributed by atoms with Gasteiger partial charge in [-0.15, -0.1) is 0 Å². The molecule has 4 aromatic heterocycles. The van der Waals surface area contributed by atoms with Gasteiger partial charge in [-0.25, -0.2) is 18.3 Å². The molecule has 0 saturated carbocycles. The van der Waals surface area contributed by atoms with Gasteiger partial charge >= 0.3 is 0 Å². The van der Waals surface area contributed by atoms with E-state index in [1.165, 1.54) is 64.6 Å². The van der Waals surface area contributed by atoms with Gasteiger partial charge in [0, 0.05) is 65.7 Å². The Morgan fingerprint density at radius 2 is 0.940 bits per heavy atom. The zero-order valence-corrected chi connectivity index (χ0v) is 29.2. The van der Waals surface area contributed by atoms with E-state index in [1.54, 1.807) is 0 Å². The molecular weight excluding hydrogens is 617 g/mol. The van der Waals surface area contributed by atoms with Gasteiger partial charge in [-0.05, 0) is 46.7 Å². The maximum Gasteiger partial charge on any atom is 0.182 e. The Kier molecular flexibility index (Phi) is 10.8. The molecule has 14 rings (SSSR count). The molecule has 0 atom stereocenters. The summed E-state index contributed by atoms with van der Waals surface area (Å²) in [7, 11) is 0. The molecule has 12 heterocycles. The molecule has 252 valence electrons. The Bertz CT molecular complexity index is 1960. The molecule has 2 aromatic carbocycles. The van der Waals surface area contributed by atoms with Crippen LogP contribution >= 0.6 is 0 Å². The van der Waals surface area contributed by atoms with Crippen molar-refractivity contribution in [1.29, 1.82) is 0 Å². The molecule has 6 aromatic rings. The van der Waals surface area contributed by atoms with Gasteiger partial charge in [0.25, 0.3) is 0 Å². The average molecular weight is 665 g/mol. The minimum Gasteiger partial charge on any atom is -0.487 e. The lowest BCUT2D eigenvalue weighted by molar-refractivity contribution is -0.697. The number of unbranched alkanes of at least 4 members (excludes halogenated alkanes) is 3. The third kappa shape index (κ3) is 8.80. The first-order valence-electron chi connectivity index (χ1n) is 18.1. The number of hydrogen-bond acceptors (Lipinski definition) is 2. The van der Waals surface area contributed by atoms with Gasteiger partial charge in [-0.3, -0.25) is 0 Å². The number of hydrogen-bond donors (Lipinski definition) is 0. The van der Waals surface area contributed by atoms with Crippen LogP contribution in [0.15, 0.2) is 141 Å². The highest BCUT2D eigenvalue weighted by Gasteiger charge is 2.12. The van der Waals surface area contributed by atoms with Crippen molar-refractivity contribution in [2.75, 3.05) is 13.2 Å². The Balaban J connectivity index is 1.11. The molecule has 0 aliphatic carbocycles. The molecule has 0 spiro atoms. The smallest absolute Gasteiger partial charge is 0.182 e. The molecule has 50 heavy (non-hydrogen) atoms. The Labute approximate surface area is 296 Å². The standard InChI is InChI=1S/C44H48N4O2/c1-2-3-4-5-6-42-11-12-43-33-44(42)50-32-30-46-23-15-39(16-24-46)41-19-27-48(28-20-41)35-37-9-7-36(8-10-37)34-47-25-17-40(18-26-47)38-13-21-45(22-14-38)29-31-49-43/h7-28,33H,2-6,29-32,34-35H2,1H3/q+4. The van der Waals surface area contributed by atoms with Crippen LogP contribution in [0.5, 0.6) is 11.5 Å². The van der Waals surface area contributed by atoms with Crippen molar-refractivity contribution < 1.29 is 27.7 Å². The zero-order chi connectivity index (χ0) is 34.0. The highest BCUT2D eigenvalue weighted by atomic mass is 16.5. The molecule has 12 bridgehead atoms. The first kappa shape index (κ1) is 33.2. The molecule has 6 nitrogen and oxygen atoms in total. The quantitative estimate of drug-likeness (QED) is 0.149. The molecule has 0 amide bonds. The van der Waals surface area contributed by atoms with Crippen LogP contribution in [0.4, 0.5) is 0 Å². The highest BCUT2D eigenvalue weighted by molar-refractivity contribution is 5.61. The number of pyridine rings is 4. The van der Waals surface area contributed by atoms with Crippen molar-refractivity contribution in [3.63, 3.8) is 0 Å². The number of aromatic nitrogens is 4. The molecule has 0 N–H and O–H groups in total. The van der Waals surface area contributed by atoms with Gasteiger partial charge in [-0.2, -0.15) is 0 Å². The third-order valence-electron chi connectivity index (χ3n) is 9.55. The van der Waals surface area contributed by atoms with Crippen molar-refractivity contribution in [3.05, 3.63) is 157 Å². The summed E-state index contributed by atoms with van der Waals surface area (Å²) in [5.74, 6) is 1.78. The third-order valence-corrected chi connectivity index (χ3v) is 9.55. The molecule has 0 radical (unpaired) electrons. The normalized spacial score (nSPS) is 13.1. The van der Waals surface area contributed by atoms with Gasteiger partial charge in [0.1, 0.15) is 24.7 Å². The van der Waals surface area contributed by atoms with E-state index in [4.69, 9.17) is 9.47 Å². The van der Waals surface area contributed by atoms with E-state index in [1.807, 2.05) is 0 Å². The fourth-order valence-corrected chi connectivity index (χ4v) is 6.52. The molecule has 0 unspecified atom stereocenters. The van der Waals surface area contributed by atoms with E-state index in [-0.39, 0.29) is 0 Å². The molecule has 0 saturated heterocycles. The topological polar surface area (TPSA) is 34.0 Å². The summed E-state index contributed by atoms with van der Waals surface area (Å²) in [6.45, 7) is 6.63.